The predicted molar refractivity (Wildman–Crippen MR) is 57.7 cm³/mol. The quantitative estimate of drug-likeness (QED) is 0.386. The first-order chi connectivity index (χ1) is 6.92. The zero-order valence-electron chi connectivity index (χ0n) is 8.65. The molecule has 0 radical (unpaired) electrons. The largest absolute Gasteiger partial charge is 0.411 e. The molecule has 1 saturated carbocycles. The monoisotopic (exact) mass is 193 g/mol. The van der Waals surface area contributed by atoms with Crippen molar-refractivity contribution >= 4 is 5.71 Å². The van der Waals surface area contributed by atoms with E-state index in [1.807, 2.05) is 0 Å². The molecule has 2 aliphatic rings. The summed E-state index contributed by atoms with van der Waals surface area (Å²) in [5, 5.41) is 12.4. The summed E-state index contributed by atoms with van der Waals surface area (Å²) in [6, 6.07) is 0. The lowest BCUT2D eigenvalue weighted by Crippen LogP contribution is -2.27. The van der Waals surface area contributed by atoms with E-state index in [1.54, 1.807) is 0 Å². The molecule has 0 spiro atoms. The summed E-state index contributed by atoms with van der Waals surface area (Å²) in [6.07, 6.45) is 13.2. The summed E-state index contributed by atoms with van der Waals surface area (Å²) >= 11 is 0. The minimum absolute atomic E-state index is 0.533. The molecule has 2 aliphatic carbocycles. The number of allylic oxidation sites excluding steroid dienone is 2. The van der Waals surface area contributed by atoms with Crippen LogP contribution in [-0.2, 0) is 0 Å². The van der Waals surface area contributed by atoms with E-state index < -0.39 is 0 Å². The molecule has 0 aromatic heterocycles. The number of oxime groups is 1. The van der Waals surface area contributed by atoms with Crippen molar-refractivity contribution in [3.63, 3.8) is 0 Å². The highest BCUT2D eigenvalue weighted by atomic mass is 16.4. The Hall–Kier alpha value is -0.790. The van der Waals surface area contributed by atoms with E-state index in [1.165, 1.54) is 38.5 Å². The van der Waals surface area contributed by atoms with E-state index in [2.05, 4.69) is 17.3 Å². The molecule has 2 atom stereocenters. The molecule has 0 heterocycles. The van der Waals surface area contributed by atoms with Crippen molar-refractivity contribution in [3.05, 3.63) is 12.2 Å². The maximum Gasteiger partial charge on any atom is 0.0607 e. The number of rotatable bonds is 1. The van der Waals surface area contributed by atoms with E-state index >= 15 is 0 Å². The zero-order valence-corrected chi connectivity index (χ0v) is 8.65. The van der Waals surface area contributed by atoms with Gasteiger partial charge in [0.15, 0.2) is 0 Å². The van der Waals surface area contributed by atoms with Crippen molar-refractivity contribution in [2.75, 3.05) is 0 Å². The molecule has 2 nitrogen and oxygen atoms in total. The number of hydrogen-bond acceptors (Lipinski definition) is 2. The summed E-state index contributed by atoms with van der Waals surface area (Å²) in [4.78, 5) is 0. The Bertz CT molecular complexity index is 245. The van der Waals surface area contributed by atoms with Crippen LogP contribution in [0.2, 0.25) is 0 Å². The van der Waals surface area contributed by atoms with Crippen LogP contribution in [0.25, 0.3) is 0 Å². The normalized spacial score (nSPS) is 36.1. The van der Waals surface area contributed by atoms with Gasteiger partial charge in [0.05, 0.1) is 5.71 Å². The van der Waals surface area contributed by atoms with Gasteiger partial charge in [-0.3, -0.25) is 0 Å². The van der Waals surface area contributed by atoms with Crippen molar-refractivity contribution < 1.29 is 5.21 Å². The Morgan fingerprint density at radius 3 is 2.86 bits per heavy atom. The lowest BCUT2D eigenvalue weighted by Gasteiger charge is -2.30. The molecular weight excluding hydrogens is 174 g/mol. The van der Waals surface area contributed by atoms with Gasteiger partial charge >= 0.3 is 0 Å². The first kappa shape index (κ1) is 9.75. The fourth-order valence-corrected chi connectivity index (χ4v) is 2.78. The fourth-order valence-electron chi connectivity index (χ4n) is 2.78. The van der Waals surface area contributed by atoms with Crippen LogP contribution in [0.1, 0.15) is 44.9 Å². The van der Waals surface area contributed by atoms with Crippen molar-refractivity contribution in [3.8, 4) is 0 Å². The zero-order chi connectivity index (χ0) is 9.80. The first-order valence-corrected chi connectivity index (χ1v) is 5.79. The summed E-state index contributed by atoms with van der Waals surface area (Å²) in [5.74, 6) is 1.18. The van der Waals surface area contributed by atoms with Crippen LogP contribution < -0.4 is 0 Å². The van der Waals surface area contributed by atoms with E-state index in [9.17, 15) is 0 Å². The summed E-state index contributed by atoms with van der Waals surface area (Å²) < 4.78 is 0. The lowest BCUT2D eigenvalue weighted by atomic mass is 9.75. The van der Waals surface area contributed by atoms with E-state index in [4.69, 9.17) is 5.21 Å². The molecule has 78 valence electrons. The van der Waals surface area contributed by atoms with Gasteiger partial charge in [0.2, 0.25) is 0 Å². The molecular formula is C12H19NO. The molecule has 2 rings (SSSR count). The smallest absolute Gasteiger partial charge is 0.0607 e. The number of nitrogens with zero attached hydrogens (tertiary/aromatic N) is 1. The Balaban J connectivity index is 2.06. The highest BCUT2D eigenvalue weighted by molar-refractivity contribution is 5.87. The van der Waals surface area contributed by atoms with Crippen LogP contribution in [0.4, 0.5) is 0 Å². The predicted octanol–water partition coefficient (Wildman–Crippen LogP) is 3.36. The molecule has 0 aromatic carbocycles. The second kappa shape index (κ2) is 4.63. The topological polar surface area (TPSA) is 32.6 Å². The Morgan fingerprint density at radius 2 is 2.14 bits per heavy atom. The third-order valence-electron chi connectivity index (χ3n) is 3.56. The van der Waals surface area contributed by atoms with Crippen LogP contribution in [0.3, 0.4) is 0 Å². The SMILES string of the molecule is ON=C1CCCCC1C1C=CCCC1. The summed E-state index contributed by atoms with van der Waals surface area (Å²) in [5.41, 5.74) is 1.05. The van der Waals surface area contributed by atoms with Crippen LogP contribution >= 0.6 is 0 Å². The van der Waals surface area contributed by atoms with Crippen molar-refractivity contribution in [2.45, 2.75) is 44.9 Å². The Kier molecular flexibility index (Phi) is 3.22. The van der Waals surface area contributed by atoms with Gasteiger partial charge in [-0.25, -0.2) is 0 Å². The Labute approximate surface area is 85.7 Å². The summed E-state index contributed by atoms with van der Waals surface area (Å²) in [6.45, 7) is 0. The molecule has 2 unspecified atom stereocenters. The van der Waals surface area contributed by atoms with Crippen LogP contribution in [0, 0.1) is 11.8 Å². The molecule has 0 saturated heterocycles. The van der Waals surface area contributed by atoms with Gasteiger partial charge in [-0.15, -0.1) is 0 Å². The Morgan fingerprint density at radius 1 is 1.21 bits per heavy atom. The van der Waals surface area contributed by atoms with Crippen molar-refractivity contribution in [1.29, 1.82) is 0 Å². The van der Waals surface area contributed by atoms with E-state index in [0.717, 1.165) is 12.1 Å². The maximum absolute atomic E-state index is 8.96. The average molecular weight is 193 g/mol. The molecule has 0 amide bonds. The molecule has 0 aromatic rings. The van der Waals surface area contributed by atoms with Gasteiger partial charge in [-0.1, -0.05) is 23.7 Å². The van der Waals surface area contributed by atoms with E-state index in [-0.39, 0.29) is 0 Å². The fraction of sp³-hybridized carbons (Fsp3) is 0.750. The first-order valence-electron chi connectivity index (χ1n) is 5.79. The van der Waals surface area contributed by atoms with Gasteiger partial charge in [-0.2, -0.15) is 0 Å². The lowest BCUT2D eigenvalue weighted by molar-refractivity contribution is 0.298. The second-order valence-corrected chi connectivity index (χ2v) is 4.47. The molecule has 2 heteroatoms. The van der Waals surface area contributed by atoms with Crippen LogP contribution in [-0.4, -0.2) is 10.9 Å². The summed E-state index contributed by atoms with van der Waals surface area (Å²) in [7, 11) is 0. The van der Waals surface area contributed by atoms with Gasteiger partial charge in [-0.05, 0) is 44.4 Å². The van der Waals surface area contributed by atoms with Gasteiger partial charge in [0.1, 0.15) is 0 Å². The van der Waals surface area contributed by atoms with Gasteiger partial charge in [0.25, 0.3) is 0 Å². The van der Waals surface area contributed by atoms with Crippen LogP contribution in [0.15, 0.2) is 17.3 Å². The average Bonchev–Trinajstić information content (AvgIpc) is 2.30. The molecule has 14 heavy (non-hydrogen) atoms. The highest BCUT2D eigenvalue weighted by Gasteiger charge is 2.27. The molecule has 0 bridgehead atoms. The second-order valence-electron chi connectivity index (χ2n) is 4.47. The number of hydrogen-bond donors (Lipinski definition) is 1. The standard InChI is InChI=1S/C12H19NO/c14-13-12-9-5-4-8-11(12)10-6-2-1-3-7-10/h2,6,10-11,14H,1,3-5,7-9H2. The maximum atomic E-state index is 8.96. The van der Waals surface area contributed by atoms with Crippen molar-refractivity contribution in [2.24, 2.45) is 17.0 Å². The molecule has 1 fully saturated rings. The minimum Gasteiger partial charge on any atom is -0.411 e. The molecule has 0 aliphatic heterocycles. The third kappa shape index (κ3) is 1.99. The van der Waals surface area contributed by atoms with Crippen LogP contribution in [0.5, 0.6) is 0 Å². The third-order valence-corrected chi connectivity index (χ3v) is 3.56. The molecule has 1 N–H and O–H groups in total. The minimum atomic E-state index is 0.533. The van der Waals surface area contributed by atoms with Gasteiger partial charge < -0.3 is 5.21 Å². The highest BCUT2D eigenvalue weighted by Crippen LogP contribution is 2.33. The van der Waals surface area contributed by atoms with Gasteiger partial charge in [0, 0.05) is 5.92 Å². The van der Waals surface area contributed by atoms with E-state index in [0.29, 0.717) is 11.8 Å². The van der Waals surface area contributed by atoms with Crippen molar-refractivity contribution in [1.82, 2.24) is 0 Å².